The normalized spacial score (nSPS) is 12.4. The number of hydrogen-bond donors (Lipinski definition) is 1. The summed E-state index contributed by atoms with van der Waals surface area (Å²) in [5.74, 6) is -1.17. The van der Waals surface area contributed by atoms with Crippen LogP contribution < -0.4 is 10.1 Å². The molecule has 1 heterocycles. The lowest BCUT2D eigenvalue weighted by Gasteiger charge is -2.17. The zero-order valence-electron chi connectivity index (χ0n) is 10.0. The van der Waals surface area contributed by atoms with Gasteiger partial charge in [0.25, 0.3) is 0 Å². The van der Waals surface area contributed by atoms with Crippen molar-refractivity contribution in [2.45, 2.75) is 6.04 Å². The van der Waals surface area contributed by atoms with Gasteiger partial charge in [0.05, 0.1) is 25.7 Å². The largest absolute Gasteiger partial charge is 0.497 e. The fourth-order valence-corrected chi connectivity index (χ4v) is 1.87. The van der Waals surface area contributed by atoms with E-state index < -0.39 is 17.7 Å². The lowest BCUT2D eigenvalue weighted by atomic mass is 10.00. The molecule has 1 aromatic heterocycles. The first kappa shape index (κ1) is 12.6. The molecule has 0 fully saturated rings. The lowest BCUT2D eigenvalue weighted by Crippen LogP contribution is -2.20. The van der Waals surface area contributed by atoms with Gasteiger partial charge < -0.3 is 14.5 Å². The Labute approximate surface area is 103 Å². The summed E-state index contributed by atoms with van der Waals surface area (Å²) in [6.45, 7) is 0. The fraction of sp³-hybridized carbons (Fsp3) is 0.231. The Bertz CT molecular complexity index is 503. The Balaban J connectivity index is 2.49. The number of benzene rings is 1. The molecule has 0 radical (unpaired) electrons. The number of furan rings is 1. The highest BCUT2D eigenvalue weighted by Gasteiger charge is 2.22. The van der Waals surface area contributed by atoms with Crippen LogP contribution >= 0.6 is 0 Å². The zero-order valence-corrected chi connectivity index (χ0v) is 10.0. The van der Waals surface area contributed by atoms with Crippen molar-refractivity contribution in [2.75, 3.05) is 14.2 Å². The average molecular weight is 253 g/mol. The summed E-state index contributed by atoms with van der Waals surface area (Å²) in [5.41, 5.74) is 0.597. The van der Waals surface area contributed by atoms with E-state index in [1.165, 1.54) is 19.6 Å². The van der Waals surface area contributed by atoms with Gasteiger partial charge in [0.1, 0.15) is 17.4 Å². The molecule has 0 bridgehead atoms. The van der Waals surface area contributed by atoms with Crippen molar-refractivity contribution in [2.24, 2.45) is 0 Å². The predicted molar refractivity (Wildman–Crippen MR) is 62.5 cm³/mol. The van der Waals surface area contributed by atoms with Crippen molar-refractivity contribution in [3.8, 4) is 5.75 Å². The van der Waals surface area contributed by atoms with Crippen LogP contribution in [0.4, 0.5) is 8.78 Å². The summed E-state index contributed by atoms with van der Waals surface area (Å²) in [6, 6.07) is 3.37. The van der Waals surface area contributed by atoms with Crippen molar-refractivity contribution >= 4 is 0 Å². The number of rotatable bonds is 4. The van der Waals surface area contributed by atoms with Crippen LogP contribution in [0.15, 0.2) is 35.1 Å². The van der Waals surface area contributed by atoms with Gasteiger partial charge in [-0.2, -0.15) is 0 Å². The Morgan fingerprint density at radius 1 is 1.28 bits per heavy atom. The lowest BCUT2D eigenvalue weighted by molar-refractivity contribution is 0.403. The van der Waals surface area contributed by atoms with Gasteiger partial charge in [-0.15, -0.1) is 0 Å². The maximum atomic E-state index is 13.9. The van der Waals surface area contributed by atoms with Crippen LogP contribution in [0.25, 0.3) is 0 Å². The van der Waals surface area contributed by atoms with Gasteiger partial charge in [-0.3, -0.25) is 0 Å². The number of ether oxygens (including phenoxy) is 1. The molecule has 3 nitrogen and oxygen atoms in total. The van der Waals surface area contributed by atoms with Crippen LogP contribution in [0.2, 0.25) is 0 Å². The third-order valence-electron chi connectivity index (χ3n) is 2.74. The maximum absolute atomic E-state index is 13.9. The SMILES string of the molecule is CNC(c1ccoc1)c1c(F)cc(OC)cc1F. The maximum Gasteiger partial charge on any atom is 0.134 e. The standard InChI is InChI=1S/C13H13F2NO2/c1-16-13(8-3-4-18-7-8)12-10(14)5-9(17-2)6-11(12)15/h3-7,13,16H,1-2H3. The highest BCUT2D eigenvalue weighted by molar-refractivity contribution is 5.37. The molecule has 96 valence electrons. The Morgan fingerprint density at radius 2 is 1.94 bits per heavy atom. The summed E-state index contributed by atoms with van der Waals surface area (Å²) in [6.07, 6.45) is 2.91. The molecule has 18 heavy (non-hydrogen) atoms. The van der Waals surface area contributed by atoms with E-state index in [9.17, 15) is 8.78 Å². The molecule has 0 saturated heterocycles. The molecule has 0 aliphatic carbocycles. The van der Waals surface area contributed by atoms with E-state index in [0.717, 1.165) is 12.1 Å². The van der Waals surface area contributed by atoms with Crippen molar-refractivity contribution in [3.05, 3.63) is 53.5 Å². The van der Waals surface area contributed by atoms with Crippen LogP contribution in [0.1, 0.15) is 17.2 Å². The summed E-state index contributed by atoms with van der Waals surface area (Å²) in [7, 11) is 2.99. The van der Waals surface area contributed by atoms with Crippen molar-refractivity contribution in [1.29, 1.82) is 0 Å². The molecule has 0 amide bonds. The van der Waals surface area contributed by atoms with Gasteiger partial charge in [-0.25, -0.2) is 8.78 Å². The fourth-order valence-electron chi connectivity index (χ4n) is 1.87. The van der Waals surface area contributed by atoms with Crippen LogP contribution in [-0.4, -0.2) is 14.2 Å². The molecule has 1 atom stereocenters. The van der Waals surface area contributed by atoms with Crippen molar-refractivity contribution < 1.29 is 17.9 Å². The Kier molecular flexibility index (Phi) is 3.62. The second kappa shape index (κ2) is 5.18. The van der Waals surface area contributed by atoms with Crippen molar-refractivity contribution in [3.63, 3.8) is 0 Å². The Morgan fingerprint density at radius 3 is 2.39 bits per heavy atom. The minimum atomic E-state index is -0.660. The average Bonchev–Trinajstić information content (AvgIpc) is 2.86. The van der Waals surface area contributed by atoms with E-state index in [2.05, 4.69) is 5.32 Å². The smallest absolute Gasteiger partial charge is 0.134 e. The van der Waals surface area contributed by atoms with Gasteiger partial charge in [0.15, 0.2) is 0 Å². The second-order valence-corrected chi connectivity index (χ2v) is 3.78. The van der Waals surface area contributed by atoms with Gasteiger partial charge >= 0.3 is 0 Å². The first-order valence-electron chi connectivity index (χ1n) is 5.39. The summed E-state index contributed by atoms with van der Waals surface area (Å²) in [4.78, 5) is 0. The highest BCUT2D eigenvalue weighted by Crippen LogP contribution is 2.29. The predicted octanol–water partition coefficient (Wildman–Crippen LogP) is 2.88. The van der Waals surface area contributed by atoms with E-state index in [4.69, 9.17) is 9.15 Å². The first-order valence-corrected chi connectivity index (χ1v) is 5.39. The first-order chi connectivity index (χ1) is 8.67. The van der Waals surface area contributed by atoms with Crippen LogP contribution in [-0.2, 0) is 0 Å². The molecule has 1 unspecified atom stereocenters. The third-order valence-corrected chi connectivity index (χ3v) is 2.74. The molecule has 1 N–H and O–H groups in total. The van der Waals surface area contributed by atoms with Crippen LogP contribution in [0.5, 0.6) is 5.75 Å². The van der Waals surface area contributed by atoms with E-state index in [0.29, 0.717) is 5.56 Å². The summed E-state index contributed by atoms with van der Waals surface area (Å²) in [5, 5.41) is 2.86. The van der Waals surface area contributed by atoms with E-state index in [-0.39, 0.29) is 11.3 Å². The molecule has 0 spiro atoms. The molecule has 0 aliphatic heterocycles. The third kappa shape index (κ3) is 2.22. The summed E-state index contributed by atoms with van der Waals surface area (Å²) < 4.78 is 37.6. The number of nitrogens with one attached hydrogen (secondary N) is 1. The van der Waals surface area contributed by atoms with E-state index >= 15 is 0 Å². The molecular weight excluding hydrogens is 240 g/mol. The van der Waals surface area contributed by atoms with Gasteiger partial charge in [-0.1, -0.05) is 0 Å². The molecule has 2 aromatic rings. The van der Waals surface area contributed by atoms with Gasteiger partial charge in [0.2, 0.25) is 0 Å². The summed E-state index contributed by atoms with van der Waals surface area (Å²) >= 11 is 0. The number of methoxy groups -OCH3 is 1. The monoisotopic (exact) mass is 253 g/mol. The topological polar surface area (TPSA) is 34.4 Å². The zero-order chi connectivity index (χ0) is 13.1. The second-order valence-electron chi connectivity index (χ2n) is 3.78. The van der Waals surface area contributed by atoms with Gasteiger partial charge in [-0.05, 0) is 13.1 Å². The van der Waals surface area contributed by atoms with Crippen molar-refractivity contribution in [1.82, 2.24) is 5.32 Å². The molecule has 0 aliphatic rings. The number of halogens is 2. The highest BCUT2D eigenvalue weighted by atomic mass is 19.1. The molecule has 1 aromatic carbocycles. The Hall–Kier alpha value is -1.88. The van der Waals surface area contributed by atoms with Crippen LogP contribution in [0.3, 0.4) is 0 Å². The number of hydrogen-bond acceptors (Lipinski definition) is 3. The van der Waals surface area contributed by atoms with Crippen LogP contribution in [0, 0.1) is 11.6 Å². The quantitative estimate of drug-likeness (QED) is 0.909. The molecule has 5 heteroatoms. The minimum Gasteiger partial charge on any atom is -0.497 e. The molecule has 0 saturated carbocycles. The molecular formula is C13H13F2NO2. The minimum absolute atomic E-state index is 0.0558. The van der Waals surface area contributed by atoms with E-state index in [1.807, 2.05) is 0 Å². The van der Waals surface area contributed by atoms with Gasteiger partial charge in [0, 0.05) is 23.3 Å². The molecule has 2 rings (SSSR count). The van der Waals surface area contributed by atoms with E-state index in [1.54, 1.807) is 13.1 Å².